The number of methoxy groups -OCH3 is 1. The Morgan fingerprint density at radius 2 is 1.79 bits per heavy atom. The highest BCUT2D eigenvalue weighted by molar-refractivity contribution is 6.52. The number of hydrogen-bond donors (Lipinski definition) is 1. The first-order valence-electron chi connectivity index (χ1n) is 10.5. The Hall–Kier alpha value is -3.84. The van der Waals surface area contributed by atoms with Crippen LogP contribution in [0.4, 0.5) is 10.1 Å². The van der Waals surface area contributed by atoms with E-state index < -0.39 is 29.3 Å². The van der Waals surface area contributed by atoms with E-state index in [0.717, 1.165) is 0 Å². The molecule has 1 atom stereocenters. The Morgan fingerprint density at radius 3 is 2.47 bits per heavy atom. The molecule has 1 amide bonds. The number of aliphatic hydroxyl groups excluding tert-OH is 1. The van der Waals surface area contributed by atoms with Gasteiger partial charge in [0.15, 0.2) is 0 Å². The molecule has 1 fully saturated rings. The number of Topliss-reactive ketones (excluding diaryl/α,β-unsaturated/α-hetero) is 1. The van der Waals surface area contributed by atoms with Crippen molar-refractivity contribution in [3.8, 4) is 11.5 Å². The zero-order valence-electron chi connectivity index (χ0n) is 18.4. The zero-order valence-corrected chi connectivity index (χ0v) is 19.2. The Kier molecular flexibility index (Phi) is 6.56. The van der Waals surface area contributed by atoms with Gasteiger partial charge in [-0.05, 0) is 55.5 Å². The molecular formula is C26H21ClFNO5. The fourth-order valence-corrected chi connectivity index (χ4v) is 4.18. The van der Waals surface area contributed by atoms with Crippen LogP contribution >= 0.6 is 11.6 Å². The third kappa shape index (κ3) is 4.10. The fourth-order valence-electron chi connectivity index (χ4n) is 3.97. The third-order valence-corrected chi connectivity index (χ3v) is 5.82. The molecule has 3 aromatic carbocycles. The second-order valence-corrected chi connectivity index (χ2v) is 7.87. The lowest BCUT2D eigenvalue weighted by atomic mass is 9.94. The van der Waals surface area contributed by atoms with Crippen LogP contribution in [-0.4, -0.2) is 30.5 Å². The molecule has 174 valence electrons. The Morgan fingerprint density at radius 1 is 1.09 bits per heavy atom. The van der Waals surface area contributed by atoms with Crippen LogP contribution in [0.5, 0.6) is 11.5 Å². The number of halogens is 2. The van der Waals surface area contributed by atoms with Crippen LogP contribution in [0.3, 0.4) is 0 Å². The highest BCUT2D eigenvalue weighted by atomic mass is 35.5. The minimum absolute atomic E-state index is 0.143. The fraction of sp³-hybridized carbons (Fsp3) is 0.154. The van der Waals surface area contributed by atoms with Gasteiger partial charge in [-0.25, -0.2) is 4.39 Å². The van der Waals surface area contributed by atoms with Crippen LogP contribution in [0, 0.1) is 5.82 Å². The van der Waals surface area contributed by atoms with Gasteiger partial charge < -0.3 is 14.6 Å². The van der Waals surface area contributed by atoms with Crippen molar-refractivity contribution in [2.75, 3.05) is 18.6 Å². The maximum absolute atomic E-state index is 13.6. The van der Waals surface area contributed by atoms with E-state index in [-0.39, 0.29) is 21.8 Å². The van der Waals surface area contributed by atoms with Crippen molar-refractivity contribution in [1.82, 2.24) is 0 Å². The number of nitrogens with zero attached hydrogens (tertiary/aromatic N) is 1. The van der Waals surface area contributed by atoms with Crippen LogP contribution in [0.25, 0.3) is 5.76 Å². The minimum Gasteiger partial charge on any atom is -0.507 e. The zero-order chi connectivity index (χ0) is 24.4. The van der Waals surface area contributed by atoms with E-state index in [1.807, 2.05) is 6.92 Å². The van der Waals surface area contributed by atoms with Gasteiger partial charge in [0.2, 0.25) is 0 Å². The number of carbonyl (C=O) groups is 2. The number of para-hydroxylation sites is 1. The molecule has 3 aromatic rings. The summed E-state index contributed by atoms with van der Waals surface area (Å²) in [7, 11) is 1.46. The lowest BCUT2D eigenvalue weighted by molar-refractivity contribution is -0.132. The predicted molar refractivity (Wildman–Crippen MR) is 127 cm³/mol. The first-order valence-corrected chi connectivity index (χ1v) is 10.9. The van der Waals surface area contributed by atoms with Crippen molar-refractivity contribution in [2.45, 2.75) is 13.0 Å². The number of ether oxygens (including phenoxy) is 2. The Bertz CT molecular complexity index is 1290. The van der Waals surface area contributed by atoms with Gasteiger partial charge in [0, 0.05) is 16.8 Å². The molecule has 1 aliphatic heterocycles. The molecular weight excluding hydrogens is 461 g/mol. The highest BCUT2D eigenvalue weighted by Gasteiger charge is 2.48. The summed E-state index contributed by atoms with van der Waals surface area (Å²) in [6, 6.07) is 15.6. The van der Waals surface area contributed by atoms with Crippen molar-refractivity contribution >= 4 is 34.7 Å². The molecule has 8 heteroatoms. The van der Waals surface area contributed by atoms with Crippen molar-refractivity contribution in [3.63, 3.8) is 0 Å². The van der Waals surface area contributed by atoms with Gasteiger partial charge in [0.05, 0.1) is 30.4 Å². The highest BCUT2D eigenvalue weighted by Crippen LogP contribution is 2.45. The number of carbonyl (C=O) groups excluding carboxylic acids is 2. The van der Waals surface area contributed by atoms with Gasteiger partial charge in [-0.15, -0.1) is 0 Å². The lowest BCUT2D eigenvalue weighted by Crippen LogP contribution is -2.29. The molecule has 34 heavy (non-hydrogen) atoms. The summed E-state index contributed by atoms with van der Waals surface area (Å²) in [5.74, 6) is -1.88. The van der Waals surface area contributed by atoms with E-state index in [1.165, 1.54) is 48.4 Å². The van der Waals surface area contributed by atoms with E-state index in [1.54, 1.807) is 30.3 Å². The van der Waals surface area contributed by atoms with E-state index in [9.17, 15) is 19.1 Å². The number of rotatable bonds is 6. The summed E-state index contributed by atoms with van der Waals surface area (Å²) in [5.41, 5.74) is 0.721. The maximum Gasteiger partial charge on any atom is 0.300 e. The average Bonchev–Trinajstić information content (AvgIpc) is 3.10. The average molecular weight is 482 g/mol. The molecule has 0 bridgehead atoms. The van der Waals surface area contributed by atoms with Crippen LogP contribution in [0.1, 0.15) is 24.1 Å². The number of benzene rings is 3. The quantitative estimate of drug-likeness (QED) is 0.285. The topological polar surface area (TPSA) is 76.1 Å². The van der Waals surface area contributed by atoms with Crippen molar-refractivity contribution < 1.29 is 28.6 Å². The first kappa shape index (κ1) is 23.3. The van der Waals surface area contributed by atoms with Gasteiger partial charge in [-0.2, -0.15) is 0 Å². The molecule has 1 N–H and O–H groups in total. The smallest absolute Gasteiger partial charge is 0.300 e. The predicted octanol–water partition coefficient (Wildman–Crippen LogP) is 5.51. The summed E-state index contributed by atoms with van der Waals surface area (Å²) in [4.78, 5) is 27.7. The molecule has 0 spiro atoms. The second kappa shape index (κ2) is 9.57. The normalized spacial score (nSPS) is 17.2. The number of ketones is 1. The van der Waals surface area contributed by atoms with Crippen LogP contribution in [0.15, 0.2) is 72.3 Å². The van der Waals surface area contributed by atoms with E-state index in [4.69, 9.17) is 21.1 Å². The number of hydrogen-bond acceptors (Lipinski definition) is 5. The van der Waals surface area contributed by atoms with Gasteiger partial charge in [0.1, 0.15) is 23.1 Å². The van der Waals surface area contributed by atoms with Gasteiger partial charge in [-0.3, -0.25) is 14.5 Å². The van der Waals surface area contributed by atoms with Crippen LogP contribution < -0.4 is 14.4 Å². The first-order chi connectivity index (χ1) is 16.4. The van der Waals surface area contributed by atoms with E-state index >= 15 is 0 Å². The van der Waals surface area contributed by atoms with Crippen LogP contribution in [0.2, 0.25) is 5.02 Å². The van der Waals surface area contributed by atoms with Crippen molar-refractivity contribution in [3.05, 3.63) is 94.3 Å². The van der Waals surface area contributed by atoms with Gasteiger partial charge in [0.25, 0.3) is 11.7 Å². The van der Waals surface area contributed by atoms with Crippen LogP contribution in [-0.2, 0) is 9.59 Å². The largest absolute Gasteiger partial charge is 0.507 e. The summed E-state index contributed by atoms with van der Waals surface area (Å²) >= 11 is 6.35. The molecule has 0 aromatic heterocycles. The SMILES string of the molecule is CCOc1ccc(Cl)c(/C(O)=C2\C(=O)C(=O)N(c3ccc(F)cc3)C2c2ccccc2OC)c1. The maximum atomic E-state index is 13.6. The van der Waals surface area contributed by atoms with Crippen molar-refractivity contribution in [2.24, 2.45) is 0 Å². The lowest BCUT2D eigenvalue weighted by Gasteiger charge is -2.26. The number of amides is 1. The Labute approximate surface area is 200 Å². The summed E-state index contributed by atoms with van der Waals surface area (Å²) in [5, 5.41) is 11.5. The monoisotopic (exact) mass is 481 g/mol. The summed E-state index contributed by atoms with van der Waals surface area (Å²) < 4.78 is 24.6. The van der Waals surface area contributed by atoms with E-state index in [2.05, 4.69) is 0 Å². The number of aliphatic hydroxyl groups is 1. The molecule has 0 saturated carbocycles. The van der Waals surface area contributed by atoms with Gasteiger partial charge >= 0.3 is 0 Å². The molecule has 0 radical (unpaired) electrons. The van der Waals surface area contributed by atoms with Crippen molar-refractivity contribution in [1.29, 1.82) is 0 Å². The minimum atomic E-state index is -1.05. The third-order valence-electron chi connectivity index (χ3n) is 5.49. The molecule has 1 aliphatic rings. The standard InChI is InChI=1S/C26H21ClFNO5/c1-3-34-17-12-13-20(27)19(14-17)24(30)22-23(18-6-4-5-7-21(18)33-2)29(26(32)25(22)31)16-10-8-15(28)9-11-16/h4-14,23,30H,3H2,1-2H3/b24-22+. The summed E-state index contributed by atoms with van der Waals surface area (Å²) in [6.07, 6.45) is 0. The molecule has 4 rings (SSSR count). The van der Waals surface area contributed by atoms with E-state index in [0.29, 0.717) is 23.7 Å². The molecule has 1 saturated heterocycles. The molecule has 0 aliphatic carbocycles. The molecule has 1 heterocycles. The molecule has 1 unspecified atom stereocenters. The molecule has 6 nitrogen and oxygen atoms in total. The Balaban J connectivity index is 1.99. The summed E-state index contributed by atoms with van der Waals surface area (Å²) in [6.45, 7) is 2.20. The number of anilines is 1. The van der Waals surface area contributed by atoms with Gasteiger partial charge in [-0.1, -0.05) is 29.8 Å². The second-order valence-electron chi connectivity index (χ2n) is 7.46.